The number of carbonyl (C=O) groups is 1. The predicted molar refractivity (Wildman–Crippen MR) is 191 cm³/mol. The van der Waals surface area contributed by atoms with Gasteiger partial charge in [0.05, 0.1) is 33.9 Å². The van der Waals surface area contributed by atoms with E-state index in [4.69, 9.17) is 9.73 Å². The van der Waals surface area contributed by atoms with Gasteiger partial charge in [0.1, 0.15) is 5.75 Å². The molecule has 1 aliphatic rings. The number of anilines is 1. The molecule has 1 atom stereocenters. The van der Waals surface area contributed by atoms with E-state index in [1.165, 1.54) is 23.5 Å². The molecule has 0 saturated carbocycles. The number of aromatic nitrogens is 2. The Labute approximate surface area is 284 Å². The third-order valence-electron chi connectivity index (χ3n) is 8.77. The summed E-state index contributed by atoms with van der Waals surface area (Å²) in [6.07, 6.45) is 1.90. The van der Waals surface area contributed by atoms with Gasteiger partial charge in [-0.3, -0.25) is 24.3 Å². The maximum atomic E-state index is 14.4. The van der Waals surface area contributed by atoms with E-state index >= 15 is 0 Å². The standard InChI is InChI=1S/C38H31N5O5S/c1-23-34(36(44)40-27-9-5-4-6-10-27)35(26-15-19-29(48-3)20-16-26)42-37(45)33(49-38(42)39-23)21-31-24(2)41(32-12-8-7-11-30(31)32)22-25-13-17-28(18-14-25)43(46)47/h4-21,35H,22H2,1-3H3,(H,40,44)/b33-21+/t35-/m1/s1. The Hall–Kier alpha value is -6.07. The number of amides is 1. The van der Waals surface area contributed by atoms with Gasteiger partial charge in [-0.05, 0) is 61.4 Å². The highest BCUT2D eigenvalue weighted by molar-refractivity contribution is 7.07. The van der Waals surface area contributed by atoms with Crippen LogP contribution in [0.15, 0.2) is 124 Å². The van der Waals surface area contributed by atoms with Crippen molar-refractivity contribution in [3.8, 4) is 5.75 Å². The minimum absolute atomic E-state index is 0.0396. The molecule has 1 N–H and O–H groups in total. The van der Waals surface area contributed by atoms with E-state index in [1.54, 1.807) is 30.7 Å². The number of methoxy groups -OCH3 is 1. The minimum atomic E-state index is -0.724. The highest BCUT2D eigenvalue weighted by atomic mass is 32.1. The Balaban J connectivity index is 1.36. The second kappa shape index (κ2) is 12.9. The summed E-state index contributed by atoms with van der Waals surface area (Å²) in [7, 11) is 1.59. The van der Waals surface area contributed by atoms with Crippen molar-refractivity contribution in [1.29, 1.82) is 0 Å². The molecule has 49 heavy (non-hydrogen) atoms. The highest BCUT2D eigenvalue weighted by Crippen LogP contribution is 2.32. The van der Waals surface area contributed by atoms with Gasteiger partial charge in [0.2, 0.25) is 0 Å². The zero-order valence-corrected chi connectivity index (χ0v) is 27.7. The van der Waals surface area contributed by atoms with E-state index in [1.807, 2.05) is 91.9 Å². The van der Waals surface area contributed by atoms with Crippen molar-refractivity contribution in [2.45, 2.75) is 26.4 Å². The number of hydrogen-bond acceptors (Lipinski definition) is 7. The number of nitro groups is 1. The first-order chi connectivity index (χ1) is 23.7. The highest BCUT2D eigenvalue weighted by Gasteiger charge is 2.32. The van der Waals surface area contributed by atoms with Gasteiger partial charge in [-0.15, -0.1) is 0 Å². The summed E-state index contributed by atoms with van der Waals surface area (Å²) < 4.78 is 9.62. The maximum Gasteiger partial charge on any atom is 0.271 e. The number of carbonyl (C=O) groups excluding carboxylic acids is 1. The van der Waals surface area contributed by atoms with Crippen LogP contribution < -0.4 is 24.9 Å². The molecule has 0 saturated heterocycles. The summed E-state index contributed by atoms with van der Waals surface area (Å²) in [6.45, 7) is 4.30. The summed E-state index contributed by atoms with van der Waals surface area (Å²) in [5.74, 6) is 0.320. The predicted octanol–water partition coefficient (Wildman–Crippen LogP) is 6.10. The number of nitrogens with zero attached hydrogens (tertiary/aromatic N) is 4. The molecule has 1 aliphatic heterocycles. The van der Waals surface area contributed by atoms with Crippen molar-refractivity contribution in [3.05, 3.63) is 167 Å². The van der Waals surface area contributed by atoms with Crippen molar-refractivity contribution in [3.63, 3.8) is 0 Å². The van der Waals surface area contributed by atoms with Crippen LogP contribution in [0.1, 0.15) is 35.3 Å². The quantitative estimate of drug-likeness (QED) is 0.155. The number of hydrogen-bond donors (Lipinski definition) is 1. The minimum Gasteiger partial charge on any atom is -0.497 e. The van der Waals surface area contributed by atoms with Crippen LogP contribution in [0.2, 0.25) is 0 Å². The van der Waals surface area contributed by atoms with Crippen LogP contribution in [0.25, 0.3) is 17.0 Å². The summed E-state index contributed by atoms with van der Waals surface area (Å²) in [5.41, 5.74) is 5.79. The number of thiazole rings is 1. The van der Waals surface area contributed by atoms with E-state index in [0.29, 0.717) is 38.6 Å². The number of allylic oxidation sites excluding steroid dienone is 1. The van der Waals surface area contributed by atoms with Gasteiger partial charge in [-0.25, -0.2) is 4.99 Å². The van der Waals surface area contributed by atoms with Gasteiger partial charge in [-0.2, -0.15) is 0 Å². The summed E-state index contributed by atoms with van der Waals surface area (Å²) in [5, 5.41) is 15.1. The van der Waals surface area contributed by atoms with Gasteiger partial charge in [0, 0.05) is 46.5 Å². The molecular weight excluding hydrogens is 639 g/mol. The number of non-ortho nitro benzene ring substituents is 1. The molecular formula is C38H31N5O5S. The van der Waals surface area contributed by atoms with Crippen molar-refractivity contribution < 1.29 is 14.5 Å². The van der Waals surface area contributed by atoms with E-state index < -0.39 is 11.0 Å². The van der Waals surface area contributed by atoms with Crippen LogP contribution in [0, 0.1) is 17.0 Å². The number of ether oxygens (including phenoxy) is 1. The number of benzene rings is 4. The number of para-hydroxylation sites is 2. The molecule has 6 aromatic rings. The van der Waals surface area contributed by atoms with Gasteiger partial charge in [-0.1, -0.05) is 72.0 Å². The van der Waals surface area contributed by atoms with Crippen LogP contribution in [-0.4, -0.2) is 27.1 Å². The average molecular weight is 670 g/mol. The van der Waals surface area contributed by atoms with Crippen molar-refractivity contribution in [1.82, 2.24) is 9.13 Å². The van der Waals surface area contributed by atoms with Gasteiger partial charge < -0.3 is 14.6 Å². The van der Waals surface area contributed by atoms with Crippen LogP contribution in [0.5, 0.6) is 5.75 Å². The number of rotatable bonds is 8. The normalized spacial score (nSPS) is 14.4. The number of nitro benzene ring substituents is 1. The molecule has 4 aromatic carbocycles. The van der Waals surface area contributed by atoms with E-state index in [2.05, 4.69) is 9.88 Å². The Morgan fingerprint density at radius 1 is 0.980 bits per heavy atom. The molecule has 0 radical (unpaired) electrons. The fourth-order valence-electron chi connectivity index (χ4n) is 6.31. The topological polar surface area (TPSA) is 121 Å². The SMILES string of the molecule is COc1ccc([C@@H]2C(C(=O)Nc3ccccc3)=C(C)N=c3s/c(=C/c4c(C)n(Cc5ccc([N+](=O)[O-])cc5)c5ccccc45)c(=O)n32)cc1. The monoisotopic (exact) mass is 669 g/mol. The molecule has 0 spiro atoms. The summed E-state index contributed by atoms with van der Waals surface area (Å²) in [6, 6.07) is 30.3. The van der Waals surface area contributed by atoms with Crippen molar-refractivity contribution >= 4 is 45.6 Å². The number of fused-ring (bicyclic) bond motifs is 2. The lowest BCUT2D eigenvalue weighted by Crippen LogP contribution is -2.40. The molecule has 0 bridgehead atoms. The molecule has 7 rings (SSSR count). The molecule has 11 heteroatoms. The lowest BCUT2D eigenvalue weighted by molar-refractivity contribution is -0.384. The zero-order valence-electron chi connectivity index (χ0n) is 26.9. The first kappa shape index (κ1) is 31.5. The van der Waals surface area contributed by atoms with Crippen molar-refractivity contribution in [2.75, 3.05) is 12.4 Å². The fourth-order valence-corrected chi connectivity index (χ4v) is 7.34. The third kappa shape index (κ3) is 5.85. The second-order valence-corrected chi connectivity index (χ2v) is 12.7. The molecule has 10 nitrogen and oxygen atoms in total. The average Bonchev–Trinajstić information content (AvgIpc) is 3.56. The number of nitrogens with one attached hydrogen (secondary N) is 1. The first-order valence-electron chi connectivity index (χ1n) is 15.6. The largest absolute Gasteiger partial charge is 0.497 e. The van der Waals surface area contributed by atoms with Crippen molar-refractivity contribution in [2.24, 2.45) is 4.99 Å². The van der Waals surface area contributed by atoms with Gasteiger partial charge >= 0.3 is 0 Å². The van der Waals surface area contributed by atoms with E-state index in [9.17, 15) is 19.7 Å². The zero-order chi connectivity index (χ0) is 34.2. The van der Waals surface area contributed by atoms with E-state index in [0.717, 1.165) is 33.3 Å². The molecule has 0 fully saturated rings. The molecule has 3 heterocycles. The Morgan fingerprint density at radius 2 is 1.67 bits per heavy atom. The smallest absolute Gasteiger partial charge is 0.271 e. The van der Waals surface area contributed by atoms with E-state index in [-0.39, 0.29) is 17.2 Å². The molecule has 0 unspecified atom stereocenters. The Kier molecular flexibility index (Phi) is 8.27. The lowest BCUT2D eigenvalue weighted by Gasteiger charge is -2.25. The first-order valence-corrected chi connectivity index (χ1v) is 16.4. The van der Waals surface area contributed by atoms with Crippen LogP contribution in [0.4, 0.5) is 11.4 Å². The van der Waals surface area contributed by atoms with Gasteiger partial charge in [0.25, 0.3) is 17.2 Å². The molecule has 1 amide bonds. The molecule has 0 aliphatic carbocycles. The van der Waals surface area contributed by atoms with Crippen LogP contribution in [-0.2, 0) is 11.3 Å². The fraction of sp³-hybridized carbons (Fsp3) is 0.132. The Bertz CT molecular complexity index is 2460. The maximum absolute atomic E-state index is 14.4. The molecule has 244 valence electrons. The molecule has 2 aromatic heterocycles. The van der Waals surface area contributed by atoms with Gasteiger partial charge in [0.15, 0.2) is 4.80 Å². The third-order valence-corrected chi connectivity index (χ3v) is 9.76. The summed E-state index contributed by atoms with van der Waals surface area (Å²) in [4.78, 5) is 44.4. The van der Waals surface area contributed by atoms with Crippen LogP contribution in [0.3, 0.4) is 0 Å². The Morgan fingerprint density at radius 3 is 2.37 bits per heavy atom. The summed E-state index contributed by atoms with van der Waals surface area (Å²) >= 11 is 1.28. The second-order valence-electron chi connectivity index (χ2n) is 11.7. The lowest BCUT2D eigenvalue weighted by atomic mass is 9.95. The van der Waals surface area contributed by atoms with Crippen LogP contribution >= 0.6 is 11.3 Å².